The summed E-state index contributed by atoms with van der Waals surface area (Å²) in [6.07, 6.45) is -0.215. The standard InChI is InChI=1S/C11H12NO2.C2H6.Y/c1-9-4-2-3-5-10(9)8-12-6-7-14-11(12)13;1-2;/h2-3,5H,6-8H2,1H3;1-2H3;/q-1;;. The summed E-state index contributed by atoms with van der Waals surface area (Å²) in [5.41, 5.74) is 2.22. The molecule has 0 N–H and O–H groups in total. The molecule has 0 unspecified atom stereocenters. The van der Waals surface area contributed by atoms with Gasteiger partial charge in [-0.05, 0) is 0 Å². The van der Waals surface area contributed by atoms with Crippen LogP contribution in [-0.4, -0.2) is 24.1 Å². The maximum Gasteiger partial charge on any atom is 0.409 e. The number of cyclic esters (lactones) is 1. The smallest absolute Gasteiger partial charge is 0.409 e. The monoisotopic (exact) mass is 309 g/mol. The number of carbonyl (C=O) groups is 1. The molecule has 1 aliphatic rings. The van der Waals surface area contributed by atoms with Crippen LogP contribution in [0.25, 0.3) is 0 Å². The molecular weight excluding hydrogens is 291 g/mol. The van der Waals surface area contributed by atoms with Crippen molar-refractivity contribution < 1.29 is 42.2 Å². The van der Waals surface area contributed by atoms with Crippen molar-refractivity contribution in [3.8, 4) is 0 Å². The molecule has 17 heavy (non-hydrogen) atoms. The molecule has 1 aromatic carbocycles. The van der Waals surface area contributed by atoms with Gasteiger partial charge in [0, 0.05) is 39.3 Å². The van der Waals surface area contributed by atoms with Crippen LogP contribution in [0.2, 0.25) is 0 Å². The Labute approximate surface area is 128 Å². The average Bonchev–Trinajstić information content (AvgIpc) is 2.71. The fourth-order valence-corrected chi connectivity index (χ4v) is 1.50. The van der Waals surface area contributed by atoms with E-state index in [4.69, 9.17) is 4.74 Å². The molecule has 0 aromatic heterocycles. The Kier molecular flexibility index (Phi) is 8.44. The van der Waals surface area contributed by atoms with Crippen molar-refractivity contribution in [2.75, 3.05) is 13.2 Å². The van der Waals surface area contributed by atoms with Gasteiger partial charge in [-0.2, -0.15) is 29.8 Å². The molecule has 91 valence electrons. The van der Waals surface area contributed by atoms with E-state index in [9.17, 15) is 4.79 Å². The second-order valence-corrected chi connectivity index (χ2v) is 3.36. The van der Waals surface area contributed by atoms with Crippen LogP contribution in [0.5, 0.6) is 0 Å². The van der Waals surface area contributed by atoms with Gasteiger partial charge in [0.15, 0.2) is 0 Å². The SMILES string of the molecule is CC.Cc1[c-]cccc1CN1CCOC1=O.[Y]. The van der Waals surface area contributed by atoms with E-state index in [0.717, 1.165) is 11.1 Å². The number of benzene rings is 1. The number of hydrogen-bond donors (Lipinski definition) is 0. The number of hydrogen-bond acceptors (Lipinski definition) is 2. The Hall–Kier alpha value is -0.406. The first-order valence-electron chi connectivity index (χ1n) is 5.65. The molecule has 1 fully saturated rings. The minimum atomic E-state index is -0.215. The summed E-state index contributed by atoms with van der Waals surface area (Å²) in [6, 6.07) is 8.93. The van der Waals surface area contributed by atoms with Gasteiger partial charge < -0.3 is 9.64 Å². The average molecular weight is 309 g/mol. The van der Waals surface area contributed by atoms with Crippen molar-refractivity contribution in [3.63, 3.8) is 0 Å². The first kappa shape index (κ1) is 16.6. The summed E-state index contributed by atoms with van der Waals surface area (Å²) < 4.78 is 4.85. The topological polar surface area (TPSA) is 29.5 Å². The quantitative estimate of drug-likeness (QED) is 0.786. The Bertz CT molecular complexity index is 355. The van der Waals surface area contributed by atoms with Gasteiger partial charge in [-0.3, -0.25) is 0 Å². The molecular formula is C13H18NO2Y-. The molecule has 1 aliphatic heterocycles. The van der Waals surface area contributed by atoms with E-state index in [-0.39, 0.29) is 38.8 Å². The minimum absolute atomic E-state index is 0. The molecule has 0 aliphatic carbocycles. The fourth-order valence-electron chi connectivity index (χ4n) is 1.50. The summed E-state index contributed by atoms with van der Waals surface area (Å²) in [7, 11) is 0. The van der Waals surface area contributed by atoms with Gasteiger partial charge in [0.25, 0.3) is 0 Å². The van der Waals surface area contributed by atoms with Gasteiger partial charge >= 0.3 is 6.09 Å². The maximum atomic E-state index is 11.2. The molecule has 2 rings (SSSR count). The van der Waals surface area contributed by atoms with Crippen molar-refractivity contribution in [1.29, 1.82) is 0 Å². The van der Waals surface area contributed by atoms with Crippen LogP contribution in [0, 0.1) is 13.0 Å². The zero-order valence-electron chi connectivity index (χ0n) is 10.7. The molecule has 1 aromatic rings. The number of nitrogens with zero attached hydrogens (tertiary/aromatic N) is 1. The van der Waals surface area contributed by atoms with Crippen molar-refractivity contribution in [2.24, 2.45) is 0 Å². The maximum absolute atomic E-state index is 11.2. The van der Waals surface area contributed by atoms with Crippen LogP contribution in [0.15, 0.2) is 18.2 Å². The van der Waals surface area contributed by atoms with Gasteiger partial charge in [0.05, 0.1) is 6.54 Å². The van der Waals surface area contributed by atoms with Crippen LogP contribution < -0.4 is 0 Å². The zero-order chi connectivity index (χ0) is 12.0. The van der Waals surface area contributed by atoms with Gasteiger partial charge in [0.2, 0.25) is 0 Å². The molecule has 0 spiro atoms. The van der Waals surface area contributed by atoms with Crippen molar-refractivity contribution >= 4 is 6.09 Å². The second kappa shape index (κ2) is 8.65. The van der Waals surface area contributed by atoms with Crippen LogP contribution >= 0.6 is 0 Å². The predicted octanol–water partition coefficient (Wildman–Crippen LogP) is 2.77. The predicted molar refractivity (Wildman–Crippen MR) is 63.1 cm³/mol. The Balaban J connectivity index is 0.000000811. The van der Waals surface area contributed by atoms with Gasteiger partial charge in [-0.15, -0.1) is 5.56 Å². The van der Waals surface area contributed by atoms with Crippen LogP contribution in [0.1, 0.15) is 25.0 Å². The van der Waals surface area contributed by atoms with E-state index in [1.54, 1.807) is 4.90 Å². The van der Waals surface area contributed by atoms with Crippen LogP contribution in [0.4, 0.5) is 4.79 Å². The second-order valence-electron chi connectivity index (χ2n) is 3.36. The largest absolute Gasteiger partial charge is 0.448 e. The molecule has 4 heteroatoms. The fraction of sp³-hybridized carbons (Fsp3) is 0.462. The normalized spacial score (nSPS) is 13.4. The summed E-state index contributed by atoms with van der Waals surface area (Å²) in [5.74, 6) is 0. The van der Waals surface area contributed by atoms with E-state index >= 15 is 0 Å². The summed E-state index contributed by atoms with van der Waals surface area (Å²) in [6.45, 7) is 7.82. The number of aryl methyl sites for hydroxylation is 1. The first-order chi connectivity index (χ1) is 7.77. The summed E-state index contributed by atoms with van der Waals surface area (Å²) in [4.78, 5) is 12.9. The number of amides is 1. The van der Waals surface area contributed by atoms with E-state index in [0.29, 0.717) is 19.7 Å². The van der Waals surface area contributed by atoms with Gasteiger partial charge in [-0.25, -0.2) is 4.79 Å². The number of rotatable bonds is 2. The van der Waals surface area contributed by atoms with E-state index < -0.39 is 0 Å². The molecule has 0 atom stereocenters. The zero-order valence-corrected chi connectivity index (χ0v) is 13.5. The number of ether oxygens (including phenoxy) is 1. The van der Waals surface area contributed by atoms with Crippen molar-refractivity contribution in [2.45, 2.75) is 27.3 Å². The molecule has 3 nitrogen and oxygen atoms in total. The van der Waals surface area contributed by atoms with Crippen molar-refractivity contribution in [3.05, 3.63) is 35.4 Å². The summed E-state index contributed by atoms with van der Waals surface area (Å²) in [5, 5.41) is 0. The minimum Gasteiger partial charge on any atom is -0.448 e. The Morgan fingerprint density at radius 1 is 1.47 bits per heavy atom. The van der Waals surface area contributed by atoms with Gasteiger partial charge in [-0.1, -0.05) is 20.8 Å². The molecule has 1 heterocycles. The third kappa shape index (κ3) is 4.76. The molecule has 1 amide bonds. The number of carbonyl (C=O) groups excluding carboxylic acids is 1. The summed E-state index contributed by atoms with van der Waals surface area (Å²) >= 11 is 0. The third-order valence-corrected chi connectivity index (χ3v) is 2.38. The molecule has 0 bridgehead atoms. The third-order valence-electron chi connectivity index (χ3n) is 2.38. The van der Waals surface area contributed by atoms with Crippen molar-refractivity contribution in [1.82, 2.24) is 4.90 Å². The van der Waals surface area contributed by atoms with Gasteiger partial charge in [0.1, 0.15) is 6.61 Å². The Morgan fingerprint density at radius 2 is 2.18 bits per heavy atom. The Morgan fingerprint density at radius 3 is 2.71 bits per heavy atom. The van der Waals surface area contributed by atoms with E-state index in [2.05, 4.69) is 6.07 Å². The van der Waals surface area contributed by atoms with E-state index in [1.807, 2.05) is 39.0 Å². The molecule has 1 radical (unpaired) electrons. The first-order valence-corrected chi connectivity index (χ1v) is 5.65. The van der Waals surface area contributed by atoms with Crippen LogP contribution in [0.3, 0.4) is 0 Å². The van der Waals surface area contributed by atoms with E-state index in [1.165, 1.54) is 0 Å². The molecule has 0 saturated carbocycles. The molecule has 1 saturated heterocycles. The van der Waals surface area contributed by atoms with Crippen LogP contribution in [-0.2, 0) is 44.0 Å².